The van der Waals surface area contributed by atoms with Crippen molar-refractivity contribution in [1.29, 1.82) is 0 Å². The van der Waals surface area contributed by atoms with Crippen LogP contribution in [0.2, 0.25) is 0 Å². The number of carbonyl (C=O) groups is 1. The number of hydrogen-bond acceptors (Lipinski definition) is 5. The molecule has 52 heavy (non-hydrogen) atoms. The molecule has 6 heteroatoms. The van der Waals surface area contributed by atoms with Gasteiger partial charge in [0.1, 0.15) is 6.61 Å². The molecule has 0 saturated carbocycles. The second-order valence-electron chi connectivity index (χ2n) is 15.0. The maximum absolute atomic E-state index is 12.3. The Morgan fingerprint density at radius 1 is 0.519 bits per heavy atom. The molecule has 1 N–H and O–H groups in total. The van der Waals surface area contributed by atoms with Crippen molar-refractivity contribution in [2.24, 2.45) is 0 Å². The monoisotopic (exact) mass is 735 g/mol. The van der Waals surface area contributed by atoms with Crippen LogP contribution in [0.15, 0.2) is 24.3 Å². The van der Waals surface area contributed by atoms with Crippen LogP contribution in [0.5, 0.6) is 0 Å². The summed E-state index contributed by atoms with van der Waals surface area (Å²) in [6, 6.07) is 0. The van der Waals surface area contributed by atoms with E-state index in [1.165, 1.54) is 167 Å². The molecule has 0 fully saturated rings. The van der Waals surface area contributed by atoms with E-state index < -0.39 is 0 Å². The fourth-order valence-electron chi connectivity index (χ4n) is 6.49. The summed E-state index contributed by atoms with van der Waals surface area (Å²) in [6.45, 7) is 14.3. The molecule has 1 amide bonds. The van der Waals surface area contributed by atoms with Crippen LogP contribution < -0.4 is 5.32 Å². The smallest absolute Gasteiger partial charge is 0.407 e. The van der Waals surface area contributed by atoms with E-state index in [0.29, 0.717) is 26.4 Å². The Bertz CT molecular complexity index is 755. The van der Waals surface area contributed by atoms with Gasteiger partial charge in [-0.05, 0) is 77.3 Å². The van der Waals surface area contributed by atoms with E-state index in [4.69, 9.17) is 14.2 Å². The number of carbonyl (C=O) groups excluding carboxylic acids is 1. The number of alkyl carbamates (subject to hydrolysis) is 1. The lowest BCUT2D eigenvalue weighted by Crippen LogP contribution is -2.38. The van der Waals surface area contributed by atoms with Gasteiger partial charge >= 0.3 is 6.09 Å². The minimum atomic E-state index is -0.369. The van der Waals surface area contributed by atoms with Crippen LogP contribution in [0.25, 0.3) is 0 Å². The number of nitrogens with one attached hydrogen (secondary N) is 1. The first-order valence-corrected chi connectivity index (χ1v) is 22.8. The van der Waals surface area contributed by atoms with Crippen molar-refractivity contribution in [1.82, 2.24) is 10.2 Å². The third-order valence-corrected chi connectivity index (χ3v) is 10.1. The van der Waals surface area contributed by atoms with E-state index in [1.807, 2.05) is 0 Å². The number of hydrogen-bond donors (Lipinski definition) is 1. The van der Waals surface area contributed by atoms with Gasteiger partial charge in [-0.1, -0.05) is 168 Å². The van der Waals surface area contributed by atoms with Crippen LogP contribution in [0, 0.1) is 0 Å². The third kappa shape index (κ3) is 39.8. The standard InChI is InChI=1S/C46H90N2O4/c1-5-9-11-13-15-17-19-21-23-25-27-29-31-33-35-37-40-50-44-45(43-47-46(49)52-42-39-48(7-3)8-4)51-41-38-36-34-32-30-28-26-24-22-20-18-16-14-12-10-6-2/h21-24,45H,5-20,25-44H2,1-4H3,(H,47,49). The zero-order valence-corrected chi connectivity index (χ0v) is 35.4. The van der Waals surface area contributed by atoms with Crippen molar-refractivity contribution in [3.8, 4) is 0 Å². The van der Waals surface area contributed by atoms with Crippen molar-refractivity contribution in [3.05, 3.63) is 24.3 Å². The summed E-state index contributed by atoms with van der Waals surface area (Å²) < 4.78 is 17.6. The zero-order chi connectivity index (χ0) is 37.8. The Hall–Kier alpha value is -1.37. The molecule has 0 radical (unpaired) electrons. The maximum atomic E-state index is 12.3. The third-order valence-electron chi connectivity index (χ3n) is 10.1. The summed E-state index contributed by atoms with van der Waals surface area (Å²) in [5, 5.41) is 2.91. The highest BCUT2D eigenvalue weighted by atomic mass is 16.6. The molecule has 0 aromatic rings. The molecule has 0 aliphatic rings. The fraction of sp³-hybridized carbons (Fsp3) is 0.891. The molecule has 0 aromatic carbocycles. The molecule has 0 bridgehead atoms. The van der Waals surface area contributed by atoms with Crippen LogP contribution in [-0.4, -0.2) is 69.7 Å². The first-order chi connectivity index (χ1) is 25.7. The summed E-state index contributed by atoms with van der Waals surface area (Å²) in [4.78, 5) is 14.6. The van der Waals surface area contributed by atoms with E-state index in [2.05, 4.69) is 62.2 Å². The number of unbranched alkanes of at least 4 members (excludes halogenated alkanes) is 24. The van der Waals surface area contributed by atoms with Crippen molar-refractivity contribution < 1.29 is 19.0 Å². The summed E-state index contributed by atoms with van der Waals surface area (Å²) >= 11 is 0. The van der Waals surface area contributed by atoms with Crippen molar-refractivity contribution in [3.63, 3.8) is 0 Å². The number of nitrogens with zero attached hydrogens (tertiary/aromatic N) is 1. The van der Waals surface area contributed by atoms with Crippen LogP contribution in [0.4, 0.5) is 4.79 Å². The molecule has 6 nitrogen and oxygen atoms in total. The van der Waals surface area contributed by atoms with Gasteiger partial charge in [-0.25, -0.2) is 4.79 Å². The summed E-state index contributed by atoms with van der Waals surface area (Å²) in [5.74, 6) is 0. The molecular formula is C46H90N2O4. The Morgan fingerprint density at radius 2 is 0.923 bits per heavy atom. The molecule has 0 heterocycles. The van der Waals surface area contributed by atoms with E-state index in [9.17, 15) is 4.79 Å². The Labute approximate surface area is 325 Å². The lowest BCUT2D eigenvalue weighted by atomic mass is 10.1. The molecule has 0 spiro atoms. The lowest BCUT2D eigenvalue weighted by Gasteiger charge is -2.20. The molecule has 1 unspecified atom stereocenters. The highest BCUT2D eigenvalue weighted by Gasteiger charge is 2.13. The molecule has 0 saturated heterocycles. The zero-order valence-electron chi connectivity index (χ0n) is 35.4. The predicted molar refractivity (Wildman–Crippen MR) is 227 cm³/mol. The average molecular weight is 735 g/mol. The Balaban J connectivity index is 4.05. The van der Waals surface area contributed by atoms with Crippen molar-refractivity contribution in [2.45, 2.75) is 214 Å². The minimum Gasteiger partial charge on any atom is -0.448 e. The summed E-state index contributed by atoms with van der Waals surface area (Å²) in [6.07, 6.45) is 45.6. The van der Waals surface area contributed by atoms with Gasteiger partial charge < -0.3 is 24.4 Å². The summed E-state index contributed by atoms with van der Waals surface area (Å²) in [5.41, 5.74) is 0. The average Bonchev–Trinajstić information content (AvgIpc) is 3.15. The van der Waals surface area contributed by atoms with Crippen LogP contribution >= 0.6 is 0 Å². The maximum Gasteiger partial charge on any atom is 0.407 e. The van der Waals surface area contributed by atoms with Gasteiger partial charge in [-0.3, -0.25) is 0 Å². The van der Waals surface area contributed by atoms with Crippen LogP contribution in [-0.2, 0) is 14.2 Å². The number of rotatable bonds is 42. The predicted octanol–water partition coefficient (Wildman–Crippen LogP) is 13.5. The van der Waals surface area contributed by atoms with Gasteiger partial charge in [0.2, 0.25) is 0 Å². The Kier molecular flexibility index (Phi) is 42.9. The highest BCUT2D eigenvalue weighted by molar-refractivity contribution is 5.67. The van der Waals surface area contributed by atoms with Gasteiger partial charge in [-0.2, -0.15) is 0 Å². The Morgan fingerprint density at radius 3 is 1.37 bits per heavy atom. The molecule has 0 aliphatic carbocycles. The van der Waals surface area contributed by atoms with Gasteiger partial charge in [0, 0.05) is 26.3 Å². The molecule has 308 valence electrons. The van der Waals surface area contributed by atoms with Crippen LogP contribution in [0.1, 0.15) is 207 Å². The molecular weight excluding hydrogens is 645 g/mol. The van der Waals surface area contributed by atoms with Crippen molar-refractivity contribution >= 4 is 6.09 Å². The molecule has 0 rings (SSSR count). The SMILES string of the molecule is CCCCCCCCC=CCCCCCCCCOCC(CNC(=O)OCCN(CC)CC)OCCCCCCCCC=CCCCCCCCC. The first-order valence-electron chi connectivity index (χ1n) is 22.8. The molecule has 1 atom stereocenters. The number of amides is 1. The second-order valence-corrected chi connectivity index (χ2v) is 15.0. The van der Waals surface area contributed by atoms with Gasteiger partial charge in [-0.15, -0.1) is 0 Å². The molecule has 0 aliphatic heterocycles. The lowest BCUT2D eigenvalue weighted by molar-refractivity contribution is -0.0175. The van der Waals surface area contributed by atoms with E-state index >= 15 is 0 Å². The highest BCUT2D eigenvalue weighted by Crippen LogP contribution is 2.12. The van der Waals surface area contributed by atoms with Gasteiger partial charge in [0.15, 0.2) is 0 Å². The van der Waals surface area contributed by atoms with E-state index in [0.717, 1.165) is 39.1 Å². The summed E-state index contributed by atoms with van der Waals surface area (Å²) in [7, 11) is 0. The van der Waals surface area contributed by atoms with Crippen molar-refractivity contribution in [2.75, 3.05) is 52.6 Å². The van der Waals surface area contributed by atoms with Gasteiger partial charge in [0.05, 0.1) is 12.7 Å². The van der Waals surface area contributed by atoms with E-state index in [-0.39, 0.29) is 12.2 Å². The topological polar surface area (TPSA) is 60.0 Å². The minimum absolute atomic E-state index is 0.146. The first kappa shape index (κ1) is 50.6. The van der Waals surface area contributed by atoms with Crippen LogP contribution in [0.3, 0.4) is 0 Å². The number of ether oxygens (including phenoxy) is 3. The quantitative estimate of drug-likeness (QED) is 0.0500. The number of likely N-dealkylation sites (N-methyl/N-ethyl adjacent to an activating group) is 1. The normalized spacial score (nSPS) is 12.5. The fourth-order valence-corrected chi connectivity index (χ4v) is 6.49. The van der Waals surface area contributed by atoms with Gasteiger partial charge in [0.25, 0.3) is 0 Å². The second kappa shape index (κ2) is 44.0. The molecule has 0 aromatic heterocycles. The van der Waals surface area contributed by atoms with E-state index in [1.54, 1.807) is 0 Å². The number of allylic oxidation sites excluding steroid dienone is 4. The largest absolute Gasteiger partial charge is 0.448 e.